The Morgan fingerprint density at radius 3 is 2.53 bits per heavy atom. The molecule has 19 heavy (non-hydrogen) atoms. The highest BCUT2D eigenvalue weighted by Gasteiger charge is 2.62. The van der Waals surface area contributed by atoms with E-state index in [1.165, 1.54) is 0 Å². The van der Waals surface area contributed by atoms with Crippen LogP contribution in [-0.4, -0.2) is 69.4 Å². The van der Waals surface area contributed by atoms with Crippen molar-refractivity contribution < 1.29 is 38.4 Å². The van der Waals surface area contributed by atoms with Crippen molar-refractivity contribution >= 4 is 11.9 Å². The lowest BCUT2D eigenvalue weighted by Crippen LogP contribution is -2.62. The van der Waals surface area contributed by atoms with E-state index in [2.05, 4.69) is 0 Å². The van der Waals surface area contributed by atoms with E-state index < -0.39 is 55.6 Å². The maximum atomic E-state index is 13.8. The number of hydrogen-bond acceptors (Lipinski definition) is 6. The molecule has 3 amide bonds. The zero-order valence-electron chi connectivity index (χ0n) is 9.49. The standard InChI is InChI=1S/C9H12F2N2O6/c10-9(11)6(17)3(2-14)19-7(9)13-5(16)1-4(15)12-8(13)18/h3,5-7,14,16-17H,1-2H2,(H,12,15,18)/t3-,5?,6-,7-/m1/s1. The smallest absolute Gasteiger partial charge is 0.328 e. The largest absolute Gasteiger partial charge is 0.394 e. The summed E-state index contributed by atoms with van der Waals surface area (Å²) >= 11 is 0. The molecule has 2 rings (SSSR count). The van der Waals surface area contributed by atoms with Crippen LogP contribution < -0.4 is 5.32 Å². The third kappa shape index (κ3) is 2.16. The molecule has 1 unspecified atom stereocenters. The first-order chi connectivity index (χ1) is 8.78. The van der Waals surface area contributed by atoms with E-state index in [0.717, 1.165) is 0 Å². The maximum absolute atomic E-state index is 13.8. The van der Waals surface area contributed by atoms with Gasteiger partial charge in [0.1, 0.15) is 12.3 Å². The number of hydrogen-bond donors (Lipinski definition) is 4. The number of nitrogens with zero attached hydrogens (tertiary/aromatic N) is 1. The molecule has 0 spiro atoms. The number of amides is 3. The maximum Gasteiger partial charge on any atom is 0.328 e. The second-order valence-corrected chi connectivity index (χ2v) is 4.27. The SMILES string of the molecule is O=C1CC(O)N([C@@H]2O[C@H](CO)[C@@H](O)C2(F)F)C(=O)N1. The van der Waals surface area contributed by atoms with E-state index >= 15 is 0 Å². The Morgan fingerprint density at radius 1 is 1.42 bits per heavy atom. The highest BCUT2D eigenvalue weighted by molar-refractivity contribution is 5.97. The number of alkyl halides is 2. The molecule has 0 aromatic heterocycles. The summed E-state index contributed by atoms with van der Waals surface area (Å²) in [4.78, 5) is 22.7. The molecule has 0 bridgehead atoms. The molecule has 0 aromatic carbocycles. The van der Waals surface area contributed by atoms with E-state index in [0.29, 0.717) is 0 Å². The molecule has 2 heterocycles. The van der Waals surface area contributed by atoms with Crippen LogP contribution in [0.3, 0.4) is 0 Å². The monoisotopic (exact) mass is 282 g/mol. The van der Waals surface area contributed by atoms with Gasteiger partial charge in [0, 0.05) is 0 Å². The first-order valence-corrected chi connectivity index (χ1v) is 5.41. The Labute approximate surface area is 105 Å². The molecule has 2 saturated heterocycles. The Morgan fingerprint density at radius 2 is 2.05 bits per heavy atom. The average molecular weight is 282 g/mol. The molecule has 2 aliphatic rings. The minimum atomic E-state index is -3.88. The molecule has 108 valence electrons. The predicted molar refractivity (Wildman–Crippen MR) is 52.7 cm³/mol. The van der Waals surface area contributed by atoms with Crippen molar-refractivity contribution in [1.82, 2.24) is 10.2 Å². The zero-order chi connectivity index (χ0) is 14.4. The number of ether oxygens (including phenoxy) is 1. The summed E-state index contributed by atoms with van der Waals surface area (Å²) in [5, 5.41) is 29.4. The summed E-state index contributed by atoms with van der Waals surface area (Å²) < 4.78 is 32.2. The van der Waals surface area contributed by atoms with Gasteiger partial charge in [-0.15, -0.1) is 0 Å². The Kier molecular flexibility index (Phi) is 3.43. The molecule has 0 aliphatic carbocycles. The third-order valence-electron chi connectivity index (χ3n) is 2.98. The van der Waals surface area contributed by atoms with Crippen LogP contribution >= 0.6 is 0 Å². The summed E-state index contributed by atoms with van der Waals surface area (Å²) in [5.41, 5.74) is 0. The van der Waals surface area contributed by atoms with Crippen LogP contribution in [0, 0.1) is 0 Å². The second-order valence-electron chi connectivity index (χ2n) is 4.27. The van der Waals surface area contributed by atoms with Crippen LogP contribution in [0.4, 0.5) is 13.6 Å². The first kappa shape index (κ1) is 14.1. The van der Waals surface area contributed by atoms with Crippen LogP contribution in [0.2, 0.25) is 0 Å². The quantitative estimate of drug-likeness (QED) is 0.463. The minimum absolute atomic E-state index is 0.236. The Hall–Kier alpha value is -1.36. The van der Waals surface area contributed by atoms with Gasteiger partial charge in [0.15, 0.2) is 6.10 Å². The van der Waals surface area contributed by atoms with Crippen molar-refractivity contribution in [2.75, 3.05) is 6.61 Å². The lowest BCUT2D eigenvalue weighted by molar-refractivity contribution is -0.190. The highest BCUT2D eigenvalue weighted by atomic mass is 19.3. The molecule has 4 N–H and O–H groups in total. The topological polar surface area (TPSA) is 119 Å². The first-order valence-electron chi connectivity index (χ1n) is 5.41. The van der Waals surface area contributed by atoms with Gasteiger partial charge in [-0.3, -0.25) is 15.0 Å². The number of carbonyl (C=O) groups excluding carboxylic acids is 2. The van der Waals surface area contributed by atoms with Crippen LogP contribution in [0.5, 0.6) is 0 Å². The van der Waals surface area contributed by atoms with E-state index in [-0.39, 0.29) is 4.90 Å². The molecule has 2 aliphatic heterocycles. The number of halogens is 2. The van der Waals surface area contributed by atoms with E-state index in [1.807, 2.05) is 0 Å². The molecule has 8 nitrogen and oxygen atoms in total. The van der Waals surface area contributed by atoms with Gasteiger partial charge in [-0.1, -0.05) is 0 Å². The second kappa shape index (κ2) is 4.63. The van der Waals surface area contributed by atoms with Crippen LogP contribution in [-0.2, 0) is 9.53 Å². The van der Waals surface area contributed by atoms with Gasteiger partial charge >= 0.3 is 12.0 Å². The van der Waals surface area contributed by atoms with Gasteiger partial charge in [0.2, 0.25) is 12.1 Å². The fourth-order valence-electron chi connectivity index (χ4n) is 2.02. The molecule has 4 atom stereocenters. The van der Waals surface area contributed by atoms with Crippen LogP contribution in [0.25, 0.3) is 0 Å². The molecular weight excluding hydrogens is 270 g/mol. The number of aliphatic hydroxyl groups excluding tert-OH is 3. The van der Waals surface area contributed by atoms with Gasteiger partial charge in [-0.25, -0.2) is 4.79 Å². The Balaban J connectivity index is 2.26. The predicted octanol–water partition coefficient (Wildman–Crippen LogP) is -2.04. The number of imide groups is 1. The fourth-order valence-corrected chi connectivity index (χ4v) is 2.02. The minimum Gasteiger partial charge on any atom is -0.394 e. The van der Waals surface area contributed by atoms with Gasteiger partial charge in [-0.05, 0) is 0 Å². The van der Waals surface area contributed by atoms with Crippen LogP contribution in [0.1, 0.15) is 6.42 Å². The highest BCUT2D eigenvalue weighted by Crippen LogP contribution is 2.39. The van der Waals surface area contributed by atoms with Crippen molar-refractivity contribution in [2.24, 2.45) is 0 Å². The lowest BCUT2D eigenvalue weighted by Gasteiger charge is -2.37. The van der Waals surface area contributed by atoms with Crippen molar-refractivity contribution in [3.05, 3.63) is 0 Å². The number of rotatable bonds is 2. The normalized spacial score (nSPS) is 38.5. The van der Waals surface area contributed by atoms with Gasteiger partial charge in [-0.2, -0.15) is 8.78 Å². The van der Waals surface area contributed by atoms with Crippen molar-refractivity contribution in [1.29, 1.82) is 0 Å². The Bertz CT molecular complexity index is 406. The molecule has 0 saturated carbocycles. The van der Waals surface area contributed by atoms with Crippen LogP contribution in [0.15, 0.2) is 0 Å². The fraction of sp³-hybridized carbons (Fsp3) is 0.778. The molecule has 0 radical (unpaired) electrons. The summed E-state index contributed by atoms with van der Waals surface area (Å²) in [6, 6.07) is -1.25. The number of carbonyl (C=O) groups is 2. The summed E-state index contributed by atoms with van der Waals surface area (Å²) in [5.74, 6) is -4.69. The summed E-state index contributed by atoms with van der Waals surface area (Å²) in [6.45, 7) is -0.877. The van der Waals surface area contributed by atoms with Crippen molar-refractivity contribution in [2.45, 2.75) is 37.0 Å². The molecule has 10 heteroatoms. The third-order valence-corrected chi connectivity index (χ3v) is 2.98. The van der Waals surface area contributed by atoms with E-state index in [9.17, 15) is 28.6 Å². The molecule has 2 fully saturated rings. The van der Waals surface area contributed by atoms with Gasteiger partial charge in [0.25, 0.3) is 0 Å². The van der Waals surface area contributed by atoms with E-state index in [1.54, 1.807) is 5.32 Å². The van der Waals surface area contributed by atoms with Crippen molar-refractivity contribution in [3.8, 4) is 0 Å². The zero-order valence-corrected chi connectivity index (χ0v) is 9.49. The summed E-state index contributed by atoms with van der Waals surface area (Å²) in [6.07, 6.45) is -8.54. The summed E-state index contributed by atoms with van der Waals surface area (Å²) in [7, 11) is 0. The lowest BCUT2D eigenvalue weighted by atomic mass is 10.1. The molecular formula is C9H12F2N2O6. The van der Waals surface area contributed by atoms with E-state index in [4.69, 9.17) is 9.84 Å². The number of aliphatic hydroxyl groups is 3. The average Bonchev–Trinajstić information content (AvgIpc) is 2.51. The number of urea groups is 1. The molecule has 0 aromatic rings. The van der Waals surface area contributed by atoms with Gasteiger partial charge in [0.05, 0.1) is 13.0 Å². The van der Waals surface area contributed by atoms with Crippen molar-refractivity contribution in [3.63, 3.8) is 0 Å². The number of nitrogens with one attached hydrogen (secondary N) is 1. The van der Waals surface area contributed by atoms with Gasteiger partial charge < -0.3 is 20.1 Å².